The molecule has 3 rings (SSSR count). The van der Waals surface area contributed by atoms with Gasteiger partial charge >= 0.3 is 0 Å². The third-order valence-electron chi connectivity index (χ3n) is 4.28. The average Bonchev–Trinajstić information content (AvgIpc) is 3.27. The second-order valence-electron chi connectivity index (χ2n) is 6.47. The number of thiazole rings is 1. The first-order valence-corrected chi connectivity index (χ1v) is 9.73. The number of rotatable bonds is 7. The van der Waals surface area contributed by atoms with Crippen molar-refractivity contribution in [3.63, 3.8) is 0 Å². The molecule has 0 aliphatic heterocycles. The minimum Gasteiger partial charge on any atom is -0.308 e. The van der Waals surface area contributed by atoms with E-state index in [0.29, 0.717) is 12.2 Å². The van der Waals surface area contributed by atoms with Crippen LogP contribution in [0.5, 0.6) is 0 Å². The lowest BCUT2D eigenvalue weighted by Gasteiger charge is -2.21. The van der Waals surface area contributed by atoms with E-state index < -0.39 is 0 Å². The Morgan fingerprint density at radius 2 is 1.96 bits per heavy atom. The van der Waals surface area contributed by atoms with Crippen molar-refractivity contribution in [1.82, 2.24) is 19.7 Å². The van der Waals surface area contributed by atoms with Crippen molar-refractivity contribution < 1.29 is 4.79 Å². The Balaban J connectivity index is 0.00000261. The highest BCUT2D eigenvalue weighted by molar-refractivity contribution is 7.22. The van der Waals surface area contributed by atoms with Crippen molar-refractivity contribution in [2.24, 2.45) is 0 Å². The average molecular weight is 408 g/mol. The third-order valence-corrected chi connectivity index (χ3v) is 5.32. The van der Waals surface area contributed by atoms with Crippen LogP contribution in [0.1, 0.15) is 29.9 Å². The SMILES string of the molecule is CCc1ccc2nc(N(CCN(C)C)C(=O)c3ccn(CC)n3)sc2c1.Cl. The smallest absolute Gasteiger partial charge is 0.280 e. The number of amides is 1. The molecule has 0 bridgehead atoms. The molecule has 6 nitrogen and oxygen atoms in total. The maximum atomic E-state index is 13.1. The topological polar surface area (TPSA) is 54.3 Å². The van der Waals surface area contributed by atoms with Crippen molar-refractivity contribution in [2.45, 2.75) is 26.8 Å². The number of nitrogens with zero attached hydrogens (tertiary/aromatic N) is 5. The molecule has 0 unspecified atom stereocenters. The fourth-order valence-electron chi connectivity index (χ4n) is 2.67. The molecule has 2 heterocycles. The van der Waals surface area contributed by atoms with Gasteiger partial charge in [-0.05, 0) is 51.2 Å². The Labute approximate surface area is 170 Å². The lowest BCUT2D eigenvalue weighted by molar-refractivity contribution is 0.0979. The monoisotopic (exact) mass is 407 g/mol. The Kier molecular flexibility index (Phi) is 7.35. The van der Waals surface area contributed by atoms with Gasteiger partial charge in [-0.1, -0.05) is 24.3 Å². The number of hydrogen-bond acceptors (Lipinski definition) is 5. The summed E-state index contributed by atoms with van der Waals surface area (Å²) in [5.74, 6) is -0.103. The number of carbonyl (C=O) groups excluding carboxylic acids is 1. The molecule has 3 aromatic rings. The molecule has 0 spiro atoms. The number of aromatic nitrogens is 3. The number of carbonyl (C=O) groups is 1. The highest BCUT2D eigenvalue weighted by Crippen LogP contribution is 2.30. The van der Waals surface area contributed by atoms with E-state index in [2.05, 4.69) is 29.1 Å². The standard InChI is InChI=1S/C19H25N5OS.ClH/c1-5-14-7-8-15-17(13-14)26-19(20-15)24(12-11-22(3)4)18(25)16-9-10-23(6-2)21-16;/h7-10,13H,5-6,11-12H2,1-4H3;1H. The van der Waals surface area contributed by atoms with Crippen molar-refractivity contribution in [3.05, 3.63) is 41.7 Å². The van der Waals surface area contributed by atoms with Crippen LogP contribution in [-0.4, -0.2) is 52.8 Å². The predicted octanol–water partition coefficient (Wildman–Crippen LogP) is 3.71. The molecule has 2 aromatic heterocycles. The van der Waals surface area contributed by atoms with Gasteiger partial charge in [0.2, 0.25) is 0 Å². The van der Waals surface area contributed by atoms with Gasteiger partial charge in [-0.15, -0.1) is 12.4 Å². The lowest BCUT2D eigenvalue weighted by Crippen LogP contribution is -2.37. The zero-order valence-corrected chi connectivity index (χ0v) is 17.8. The summed E-state index contributed by atoms with van der Waals surface area (Å²) in [6.07, 6.45) is 2.82. The summed E-state index contributed by atoms with van der Waals surface area (Å²) < 4.78 is 2.88. The maximum absolute atomic E-state index is 13.1. The molecule has 0 saturated heterocycles. The lowest BCUT2D eigenvalue weighted by atomic mass is 10.2. The first-order valence-electron chi connectivity index (χ1n) is 8.91. The van der Waals surface area contributed by atoms with Gasteiger partial charge in [0.1, 0.15) is 0 Å². The second kappa shape index (κ2) is 9.30. The molecule has 1 amide bonds. The molecule has 0 radical (unpaired) electrons. The molecular weight excluding hydrogens is 382 g/mol. The van der Waals surface area contributed by atoms with Gasteiger partial charge in [-0.25, -0.2) is 4.98 Å². The molecule has 0 aliphatic carbocycles. The number of benzene rings is 1. The summed E-state index contributed by atoms with van der Waals surface area (Å²) in [5, 5.41) is 5.10. The Bertz CT molecular complexity index is 905. The molecule has 1 aromatic carbocycles. The summed E-state index contributed by atoms with van der Waals surface area (Å²) in [6, 6.07) is 8.07. The quantitative estimate of drug-likeness (QED) is 0.599. The van der Waals surface area contributed by atoms with Gasteiger partial charge in [0.05, 0.1) is 10.2 Å². The predicted molar refractivity (Wildman–Crippen MR) is 114 cm³/mol. The van der Waals surface area contributed by atoms with Crippen LogP contribution in [0.4, 0.5) is 5.13 Å². The van der Waals surface area contributed by atoms with E-state index in [1.165, 1.54) is 5.56 Å². The first kappa shape index (κ1) is 21.3. The maximum Gasteiger partial charge on any atom is 0.280 e. The Hall–Kier alpha value is -1.96. The third kappa shape index (κ3) is 4.86. The van der Waals surface area contributed by atoms with Crippen molar-refractivity contribution >= 4 is 45.0 Å². The number of hydrogen-bond donors (Lipinski definition) is 0. The number of likely N-dealkylation sites (N-methyl/N-ethyl adjacent to an activating group) is 1. The van der Waals surface area contributed by atoms with Gasteiger partial charge in [0, 0.05) is 25.8 Å². The summed E-state index contributed by atoms with van der Waals surface area (Å²) >= 11 is 1.56. The molecule has 0 aliphatic rings. The molecule has 146 valence electrons. The Morgan fingerprint density at radius 3 is 2.59 bits per heavy atom. The zero-order chi connectivity index (χ0) is 18.7. The molecule has 27 heavy (non-hydrogen) atoms. The van der Waals surface area contributed by atoms with E-state index >= 15 is 0 Å². The fourth-order valence-corrected chi connectivity index (χ4v) is 3.72. The number of aryl methyl sites for hydroxylation is 2. The Morgan fingerprint density at radius 1 is 1.19 bits per heavy atom. The van der Waals surface area contributed by atoms with Crippen LogP contribution in [0, 0.1) is 0 Å². The van der Waals surface area contributed by atoms with E-state index in [4.69, 9.17) is 4.98 Å². The summed E-state index contributed by atoms with van der Waals surface area (Å²) in [7, 11) is 4.00. The fraction of sp³-hybridized carbons (Fsp3) is 0.421. The molecule has 0 N–H and O–H groups in total. The number of halogens is 1. The zero-order valence-electron chi connectivity index (χ0n) is 16.2. The molecule has 0 fully saturated rings. The van der Waals surface area contributed by atoms with Gasteiger partial charge < -0.3 is 4.90 Å². The summed E-state index contributed by atoms with van der Waals surface area (Å²) in [5.41, 5.74) is 2.67. The van der Waals surface area contributed by atoms with E-state index in [-0.39, 0.29) is 18.3 Å². The van der Waals surface area contributed by atoms with Crippen LogP contribution >= 0.6 is 23.7 Å². The van der Waals surface area contributed by atoms with Gasteiger partial charge in [0.15, 0.2) is 10.8 Å². The van der Waals surface area contributed by atoms with Crippen LogP contribution in [0.3, 0.4) is 0 Å². The van der Waals surface area contributed by atoms with E-state index in [0.717, 1.165) is 34.9 Å². The number of fused-ring (bicyclic) bond motifs is 1. The van der Waals surface area contributed by atoms with Gasteiger partial charge in [-0.2, -0.15) is 5.10 Å². The number of anilines is 1. The van der Waals surface area contributed by atoms with Crippen LogP contribution in [0.25, 0.3) is 10.2 Å². The largest absolute Gasteiger partial charge is 0.308 e. The van der Waals surface area contributed by atoms with Gasteiger partial charge in [-0.3, -0.25) is 14.4 Å². The summed E-state index contributed by atoms with van der Waals surface area (Å²) in [4.78, 5) is 21.6. The van der Waals surface area contributed by atoms with Crippen molar-refractivity contribution in [1.29, 1.82) is 0 Å². The highest BCUT2D eigenvalue weighted by Gasteiger charge is 2.23. The van der Waals surface area contributed by atoms with E-state index in [9.17, 15) is 4.79 Å². The first-order chi connectivity index (χ1) is 12.5. The minimum absolute atomic E-state index is 0. The molecule has 8 heteroatoms. The van der Waals surface area contributed by atoms with Crippen LogP contribution in [0.15, 0.2) is 30.5 Å². The summed E-state index contributed by atoms with van der Waals surface area (Å²) in [6.45, 7) is 6.22. The second-order valence-corrected chi connectivity index (χ2v) is 7.48. The molecule has 0 atom stereocenters. The van der Waals surface area contributed by atoms with Crippen LogP contribution < -0.4 is 4.90 Å². The van der Waals surface area contributed by atoms with Crippen LogP contribution in [-0.2, 0) is 13.0 Å². The minimum atomic E-state index is -0.103. The van der Waals surface area contributed by atoms with E-state index in [1.54, 1.807) is 27.0 Å². The normalized spacial score (nSPS) is 11.0. The van der Waals surface area contributed by atoms with E-state index in [1.807, 2.05) is 33.3 Å². The molecular formula is C19H26ClN5OS. The van der Waals surface area contributed by atoms with Crippen molar-refractivity contribution in [2.75, 3.05) is 32.1 Å². The molecule has 0 saturated carbocycles. The highest BCUT2D eigenvalue weighted by atomic mass is 35.5. The van der Waals surface area contributed by atoms with Gasteiger partial charge in [0.25, 0.3) is 5.91 Å². The van der Waals surface area contributed by atoms with Crippen molar-refractivity contribution in [3.8, 4) is 0 Å². The van der Waals surface area contributed by atoms with Crippen LogP contribution in [0.2, 0.25) is 0 Å².